The SMILES string of the molecule is CC(=O)c1ccc(Oc2ccc(Cl)cc2Cl)cc1.Cl. The summed E-state index contributed by atoms with van der Waals surface area (Å²) in [6.45, 7) is 1.52. The molecule has 19 heavy (non-hydrogen) atoms. The molecule has 0 spiro atoms. The number of benzene rings is 2. The highest BCUT2D eigenvalue weighted by Crippen LogP contribution is 2.31. The summed E-state index contributed by atoms with van der Waals surface area (Å²) in [6, 6.07) is 11.9. The topological polar surface area (TPSA) is 26.3 Å². The minimum absolute atomic E-state index is 0. The molecular weight excluding hydrogens is 307 g/mol. The summed E-state index contributed by atoms with van der Waals surface area (Å²) < 4.78 is 5.60. The summed E-state index contributed by atoms with van der Waals surface area (Å²) in [5.41, 5.74) is 0.643. The summed E-state index contributed by atoms with van der Waals surface area (Å²) in [7, 11) is 0. The van der Waals surface area contributed by atoms with Crippen LogP contribution in [0.1, 0.15) is 17.3 Å². The normalized spacial score (nSPS) is 9.63. The molecule has 0 saturated heterocycles. The fourth-order valence-corrected chi connectivity index (χ4v) is 1.89. The van der Waals surface area contributed by atoms with Crippen LogP contribution in [0.5, 0.6) is 11.5 Å². The largest absolute Gasteiger partial charge is 0.456 e. The van der Waals surface area contributed by atoms with E-state index in [-0.39, 0.29) is 18.2 Å². The van der Waals surface area contributed by atoms with Crippen molar-refractivity contribution in [3.8, 4) is 11.5 Å². The van der Waals surface area contributed by atoms with Gasteiger partial charge in [-0.05, 0) is 49.4 Å². The van der Waals surface area contributed by atoms with Gasteiger partial charge in [0.2, 0.25) is 0 Å². The van der Waals surface area contributed by atoms with E-state index in [9.17, 15) is 4.79 Å². The number of ether oxygens (including phenoxy) is 1. The second-order valence-corrected chi connectivity index (χ2v) is 4.60. The molecule has 0 bridgehead atoms. The lowest BCUT2D eigenvalue weighted by atomic mass is 10.1. The van der Waals surface area contributed by atoms with Gasteiger partial charge in [0.25, 0.3) is 0 Å². The molecule has 0 aliphatic rings. The van der Waals surface area contributed by atoms with E-state index in [0.29, 0.717) is 27.1 Å². The molecule has 0 saturated carbocycles. The smallest absolute Gasteiger partial charge is 0.159 e. The number of carbonyl (C=O) groups is 1. The molecule has 2 aromatic rings. The molecule has 0 heterocycles. The van der Waals surface area contributed by atoms with Crippen molar-refractivity contribution in [2.75, 3.05) is 0 Å². The molecule has 0 N–H and O–H groups in total. The Kier molecular flexibility index (Phi) is 5.67. The highest BCUT2D eigenvalue weighted by atomic mass is 35.5. The molecule has 2 rings (SSSR count). The van der Waals surface area contributed by atoms with Crippen LogP contribution in [0.15, 0.2) is 42.5 Å². The molecule has 0 aromatic heterocycles. The number of Topliss-reactive ketones (excluding diaryl/α,β-unsaturated/α-hetero) is 1. The zero-order chi connectivity index (χ0) is 13.1. The van der Waals surface area contributed by atoms with Crippen molar-refractivity contribution in [2.24, 2.45) is 0 Å². The van der Waals surface area contributed by atoms with Gasteiger partial charge in [-0.3, -0.25) is 4.79 Å². The lowest BCUT2D eigenvalue weighted by molar-refractivity contribution is 0.101. The molecule has 5 heteroatoms. The number of halogens is 3. The highest BCUT2D eigenvalue weighted by molar-refractivity contribution is 6.35. The molecule has 0 atom stereocenters. The van der Waals surface area contributed by atoms with Crippen LogP contribution < -0.4 is 4.74 Å². The van der Waals surface area contributed by atoms with E-state index in [0.717, 1.165) is 0 Å². The Labute approximate surface area is 127 Å². The van der Waals surface area contributed by atoms with Gasteiger partial charge in [0.1, 0.15) is 11.5 Å². The molecule has 0 aliphatic heterocycles. The number of carbonyl (C=O) groups excluding carboxylic acids is 1. The van der Waals surface area contributed by atoms with Crippen LogP contribution in [-0.2, 0) is 0 Å². The van der Waals surface area contributed by atoms with Crippen LogP contribution in [0.25, 0.3) is 0 Å². The second kappa shape index (κ2) is 6.80. The third-order valence-electron chi connectivity index (χ3n) is 2.38. The van der Waals surface area contributed by atoms with Gasteiger partial charge in [-0.15, -0.1) is 12.4 Å². The van der Waals surface area contributed by atoms with E-state index in [1.807, 2.05) is 0 Å². The fourth-order valence-electron chi connectivity index (χ4n) is 1.44. The summed E-state index contributed by atoms with van der Waals surface area (Å²) >= 11 is 11.8. The Balaban J connectivity index is 0.00000180. The van der Waals surface area contributed by atoms with Crippen molar-refractivity contribution in [2.45, 2.75) is 6.92 Å². The molecule has 2 nitrogen and oxygen atoms in total. The maximum Gasteiger partial charge on any atom is 0.159 e. The minimum Gasteiger partial charge on any atom is -0.456 e. The molecule has 0 radical (unpaired) electrons. The standard InChI is InChI=1S/C14H10Cl2O2.ClH/c1-9(17)10-2-5-12(6-3-10)18-14-7-4-11(15)8-13(14)16;/h2-8H,1H3;1H. The molecule has 0 unspecified atom stereocenters. The van der Waals surface area contributed by atoms with Crippen LogP contribution in [0.3, 0.4) is 0 Å². The Bertz CT molecular complexity index is 580. The summed E-state index contributed by atoms with van der Waals surface area (Å²) in [4.78, 5) is 11.1. The zero-order valence-electron chi connectivity index (χ0n) is 10.0. The number of hydrogen-bond donors (Lipinski definition) is 0. The van der Waals surface area contributed by atoms with Crippen LogP contribution in [0.4, 0.5) is 0 Å². The average Bonchev–Trinajstić information content (AvgIpc) is 2.33. The molecule has 2 aromatic carbocycles. The van der Waals surface area contributed by atoms with E-state index in [1.165, 1.54) is 6.92 Å². The summed E-state index contributed by atoms with van der Waals surface area (Å²) in [6.07, 6.45) is 0. The molecule has 0 amide bonds. The van der Waals surface area contributed by atoms with E-state index in [1.54, 1.807) is 42.5 Å². The number of hydrogen-bond acceptors (Lipinski definition) is 2. The third kappa shape index (κ3) is 4.13. The molecule has 100 valence electrons. The molecule has 0 aliphatic carbocycles. The minimum atomic E-state index is 0. The lowest BCUT2D eigenvalue weighted by Crippen LogP contribution is -1.91. The van der Waals surface area contributed by atoms with E-state index in [2.05, 4.69) is 0 Å². The number of ketones is 1. The van der Waals surface area contributed by atoms with Crippen LogP contribution in [-0.4, -0.2) is 5.78 Å². The molecule has 0 fully saturated rings. The molecular formula is C14H11Cl3O2. The summed E-state index contributed by atoms with van der Waals surface area (Å²) in [5, 5.41) is 0.998. The predicted molar refractivity (Wildman–Crippen MR) is 80.2 cm³/mol. The maximum atomic E-state index is 11.1. The fraction of sp³-hybridized carbons (Fsp3) is 0.0714. The van der Waals surface area contributed by atoms with Crippen LogP contribution in [0.2, 0.25) is 10.0 Å². The average molecular weight is 318 g/mol. The Morgan fingerprint density at radius 2 is 1.68 bits per heavy atom. The zero-order valence-corrected chi connectivity index (χ0v) is 12.4. The third-order valence-corrected chi connectivity index (χ3v) is 2.91. The Morgan fingerprint density at radius 1 is 1.05 bits per heavy atom. The second-order valence-electron chi connectivity index (χ2n) is 3.76. The monoisotopic (exact) mass is 316 g/mol. The van der Waals surface area contributed by atoms with E-state index in [4.69, 9.17) is 27.9 Å². The van der Waals surface area contributed by atoms with Gasteiger partial charge >= 0.3 is 0 Å². The first-order valence-corrected chi connectivity index (χ1v) is 6.06. The first kappa shape index (κ1) is 15.8. The van der Waals surface area contributed by atoms with Gasteiger partial charge in [0.05, 0.1) is 5.02 Å². The Morgan fingerprint density at radius 3 is 2.21 bits per heavy atom. The van der Waals surface area contributed by atoms with Gasteiger partial charge in [-0.25, -0.2) is 0 Å². The van der Waals surface area contributed by atoms with Gasteiger partial charge in [-0.2, -0.15) is 0 Å². The van der Waals surface area contributed by atoms with Crippen molar-refractivity contribution < 1.29 is 9.53 Å². The van der Waals surface area contributed by atoms with Crippen molar-refractivity contribution in [1.29, 1.82) is 0 Å². The van der Waals surface area contributed by atoms with Crippen molar-refractivity contribution in [1.82, 2.24) is 0 Å². The lowest BCUT2D eigenvalue weighted by Gasteiger charge is -2.08. The van der Waals surface area contributed by atoms with E-state index >= 15 is 0 Å². The highest BCUT2D eigenvalue weighted by Gasteiger charge is 2.05. The first-order valence-electron chi connectivity index (χ1n) is 5.30. The van der Waals surface area contributed by atoms with Gasteiger partial charge in [0.15, 0.2) is 5.78 Å². The number of rotatable bonds is 3. The van der Waals surface area contributed by atoms with Crippen molar-refractivity contribution in [3.05, 3.63) is 58.1 Å². The van der Waals surface area contributed by atoms with Gasteiger partial charge < -0.3 is 4.74 Å². The van der Waals surface area contributed by atoms with E-state index < -0.39 is 0 Å². The van der Waals surface area contributed by atoms with Gasteiger partial charge in [-0.1, -0.05) is 23.2 Å². The van der Waals surface area contributed by atoms with Crippen molar-refractivity contribution >= 4 is 41.4 Å². The maximum absolute atomic E-state index is 11.1. The first-order chi connectivity index (χ1) is 8.56. The van der Waals surface area contributed by atoms with Crippen LogP contribution in [0, 0.1) is 0 Å². The van der Waals surface area contributed by atoms with Crippen LogP contribution >= 0.6 is 35.6 Å². The predicted octanol–water partition coefficient (Wildman–Crippen LogP) is 5.41. The van der Waals surface area contributed by atoms with Gasteiger partial charge in [0, 0.05) is 10.6 Å². The van der Waals surface area contributed by atoms with Crippen molar-refractivity contribution in [3.63, 3.8) is 0 Å². The summed E-state index contributed by atoms with van der Waals surface area (Å²) in [5.74, 6) is 1.16. The quantitative estimate of drug-likeness (QED) is 0.707. The Hall–Kier alpha value is -1.22.